The third-order valence-corrected chi connectivity index (χ3v) is 18.0. The molecule has 8 fully saturated rings. The van der Waals surface area contributed by atoms with Gasteiger partial charge in [-0.05, 0) is 147 Å². The first kappa shape index (κ1) is 51.3. The van der Waals surface area contributed by atoms with Gasteiger partial charge in [-0.3, -0.25) is 38.4 Å². The molecule has 0 aromatic heterocycles. The zero-order valence-electron chi connectivity index (χ0n) is 45.7. The normalized spacial score (nSPS) is 19.9. The molecule has 13 rings (SSSR count). The van der Waals surface area contributed by atoms with Crippen LogP contribution in [0.3, 0.4) is 0 Å². The molecule has 8 saturated heterocycles. The second-order valence-electron chi connectivity index (χ2n) is 22.6. The van der Waals surface area contributed by atoms with Crippen LogP contribution in [0.25, 0.3) is 44.5 Å². The Bertz CT molecular complexity index is 2900. The van der Waals surface area contributed by atoms with E-state index in [1.807, 2.05) is 126 Å². The van der Waals surface area contributed by atoms with Crippen LogP contribution in [0.15, 0.2) is 72.8 Å². The molecule has 8 heterocycles. The second kappa shape index (κ2) is 20.5. The Morgan fingerprint density at radius 3 is 0.475 bits per heavy atom. The van der Waals surface area contributed by atoms with Gasteiger partial charge in [0.1, 0.15) is 0 Å². The van der Waals surface area contributed by atoms with E-state index in [1.54, 1.807) is 0 Å². The summed E-state index contributed by atoms with van der Waals surface area (Å²) in [5.74, 6) is -0.502. The van der Waals surface area contributed by atoms with Gasteiger partial charge in [-0.25, -0.2) is 0 Å². The molecule has 5 aromatic rings. The molecule has 0 saturated carbocycles. The van der Waals surface area contributed by atoms with Crippen molar-refractivity contribution in [2.24, 2.45) is 0 Å². The number of hydrogen-bond acceptors (Lipinski definition) is 8. The Kier molecular flexibility index (Phi) is 13.2. The van der Waals surface area contributed by atoms with Crippen molar-refractivity contribution in [3.8, 4) is 44.5 Å². The van der Waals surface area contributed by atoms with Crippen molar-refractivity contribution in [2.75, 3.05) is 91.6 Å². The molecule has 0 spiro atoms. The maximum Gasteiger partial charge on any atom is 0.227 e. The molecule has 0 N–H and O–H groups in total. The van der Waals surface area contributed by atoms with Crippen LogP contribution in [0.5, 0.6) is 0 Å². The average Bonchev–Trinajstić information content (AvgIpc) is 4.46. The van der Waals surface area contributed by atoms with Crippen LogP contribution < -0.4 is 39.2 Å². The summed E-state index contributed by atoms with van der Waals surface area (Å²) >= 11 is 0. The number of carbonyl (C=O) groups excluding carboxylic acids is 8. The van der Waals surface area contributed by atoms with Crippen LogP contribution >= 0.6 is 0 Å². The Labute approximate surface area is 465 Å². The highest BCUT2D eigenvalue weighted by molar-refractivity contribution is 6.20. The smallest absolute Gasteiger partial charge is 0.227 e. The van der Waals surface area contributed by atoms with E-state index in [1.165, 1.54) is 0 Å². The van der Waals surface area contributed by atoms with Gasteiger partial charge in [0.25, 0.3) is 0 Å². The highest BCUT2D eigenvalue weighted by atomic mass is 16.2. The molecule has 8 aliphatic heterocycles. The summed E-state index contributed by atoms with van der Waals surface area (Å²) in [6.45, 7) is 7.53. The van der Waals surface area contributed by atoms with Crippen molar-refractivity contribution in [2.45, 2.75) is 117 Å². The lowest BCUT2D eigenvalue weighted by Gasteiger charge is -2.36. The van der Waals surface area contributed by atoms with Crippen LogP contribution in [-0.2, 0) is 38.4 Å². The quantitative estimate of drug-likeness (QED) is 0.119. The number of amides is 8. The van der Waals surface area contributed by atoms with Crippen LogP contribution in [-0.4, -0.2) is 99.6 Å². The molecule has 0 bridgehead atoms. The largest absolute Gasteiger partial charge is 0.312 e. The van der Waals surface area contributed by atoms with E-state index in [9.17, 15) is 38.4 Å². The summed E-state index contributed by atoms with van der Waals surface area (Å²) in [5, 5.41) is 0. The van der Waals surface area contributed by atoms with Gasteiger partial charge in [0.05, 0.1) is 45.5 Å². The SMILES string of the molecule is Cc1c(-c2c(N3CCCC3=O)cccc2N2CCCC2=O)c(-c2c(N3CCCC3=O)cccc2N2CCCC2=O)c(C)c(-c2c(N3CCCC3=O)cccc2N2CCCC2=O)c1-c1c(N2CCCC2=O)cccc1N1CCCC1=O. The lowest BCUT2D eigenvalue weighted by molar-refractivity contribution is -0.117. The van der Waals surface area contributed by atoms with Crippen LogP contribution in [0, 0.1) is 13.8 Å². The van der Waals surface area contributed by atoms with Crippen LogP contribution in [0.4, 0.5) is 45.5 Å². The molecular weight excluding hydrogens is 1010 g/mol. The fourth-order valence-corrected chi connectivity index (χ4v) is 14.4. The van der Waals surface area contributed by atoms with E-state index in [0.717, 1.165) is 0 Å². The summed E-state index contributed by atoms with van der Waals surface area (Å²) in [6.07, 6.45) is 7.61. The summed E-state index contributed by atoms with van der Waals surface area (Å²) in [7, 11) is 0. The van der Waals surface area contributed by atoms with Gasteiger partial charge in [0.15, 0.2) is 0 Å². The predicted octanol–water partition coefficient (Wildman–Crippen LogP) is 9.99. The van der Waals surface area contributed by atoms with Gasteiger partial charge in [0, 0.05) is 126 Å². The minimum Gasteiger partial charge on any atom is -0.312 e. The van der Waals surface area contributed by atoms with E-state index in [0.29, 0.717) is 256 Å². The first-order valence-corrected chi connectivity index (χ1v) is 29.0. The molecule has 410 valence electrons. The molecule has 8 amide bonds. The molecule has 0 aliphatic carbocycles. The molecule has 5 aromatic carbocycles. The Balaban J connectivity index is 1.30. The first-order chi connectivity index (χ1) is 38.9. The van der Waals surface area contributed by atoms with Crippen molar-refractivity contribution in [1.29, 1.82) is 0 Å². The standard InChI is InChI=1S/C64H66N8O8/c1-39-57(61-41(65-31-7-23-49(65)73)15-3-16-42(61)66-32-8-24-50(66)74)59(63-45(69-35-11-27-53(69)77)19-5-20-46(63)70-36-12-28-54(70)78)40(2)60(64-47(71-37-13-29-55(71)79)21-6-22-48(64)72-38-14-30-56(72)80)58(39)62-43(67-33-9-25-51(67)75)17-4-18-44(62)68-34-10-26-52(68)76/h3-6,15-22H,7-14,23-38H2,1-2H3. The summed E-state index contributed by atoms with van der Waals surface area (Å²) in [6, 6.07) is 23.2. The van der Waals surface area contributed by atoms with Crippen LogP contribution in [0.2, 0.25) is 0 Å². The topological polar surface area (TPSA) is 162 Å². The van der Waals surface area contributed by atoms with Crippen molar-refractivity contribution in [3.63, 3.8) is 0 Å². The van der Waals surface area contributed by atoms with Gasteiger partial charge in [-0.15, -0.1) is 0 Å². The predicted molar refractivity (Wildman–Crippen MR) is 310 cm³/mol. The molecular formula is C64H66N8O8. The maximum absolute atomic E-state index is 14.5. The number of benzene rings is 5. The van der Waals surface area contributed by atoms with Gasteiger partial charge in [0.2, 0.25) is 47.3 Å². The monoisotopic (exact) mass is 1070 g/mol. The molecule has 16 nitrogen and oxygen atoms in total. The van der Waals surface area contributed by atoms with Crippen molar-refractivity contribution >= 4 is 92.8 Å². The Morgan fingerprint density at radius 2 is 0.362 bits per heavy atom. The van der Waals surface area contributed by atoms with Gasteiger partial charge < -0.3 is 39.2 Å². The minimum atomic E-state index is -0.0628. The second-order valence-corrected chi connectivity index (χ2v) is 22.6. The fraction of sp³-hybridized carbons (Fsp3) is 0.406. The van der Waals surface area contributed by atoms with E-state index >= 15 is 0 Å². The number of nitrogens with zero attached hydrogens (tertiary/aromatic N) is 8. The number of hydrogen-bond donors (Lipinski definition) is 0. The van der Waals surface area contributed by atoms with E-state index in [-0.39, 0.29) is 47.3 Å². The molecule has 0 radical (unpaired) electrons. The van der Waals surface area contributed by atoms with Crippen molar-refractivity contribution < 1.29 is 38.4 Å². The zero-order chi connectivity index (χ0) is 55.1. The zero-order valence-corrected chi connectivity index (χ0v) is 45.7. The van der Waals surface area contributed by atoms with E-state index in [2.05, 4.69) is 0 Å². The minimum absolute atomic E-state index is 0.0628. The third-order valence-electron chi connectivity index (χ3n) is 18.0. The van der Waals surface area contributed by atoms with Gasteiger partial charge >= 0.3 is 0 Å². The fourth-order valence-electron chi connectivity index (χ4n) is 14.4. The molecule has 16 heteroatoms. The molecule has 8 aliphatic rings. The van der Waals surface area contributed by atoms with Crippen molar-refractivity contribution in [1.82, 2.24) is 0 Å². The van der Waals surface area contributed by atoms with Crippen LogP contribution in [0.1, 0.15) is 114 Å². The van der Waals surface area contributed by atoms with Crippen molar-refractivity contribution in [3.05, 3.63) is 83.9 Å². The summed E-state index contributed by atoms with van der Waals surface area (Å²) in [4.78, 5) is 130. The molecule has 0 atom stereocenters. The van der Waals surface area contributed by atoms with E-state index < -0.39 is 0 Å². The number of carbonyl (C=O) groups is 8. The third kappa shape index (κ3) is 8.29. The van der Waals surface area contributed by atoms with Gasteiger partial charge in [-0.2, -0.15) is 0 Å². The molecule has 0 unspecified atom stereocenters. The molecule has 80 heavy (non-hydrogen) atoms. The highest BCUT2D eigenvalue weighted by Crippen LogP contribution is 2.60. The van der Waals surface area contributed by atoms with Gasteiger partial charge in [-0.1, -0.05) is 24.3 Å². The Morgan fingerprint density at radius 1 is 0.225 bits per heavy atom. The number of rotatable bonds is 12. The highest BCUT2D eigenvalue weighted by Gasteiger charge is 2.42. The Hall–Kier alpha value is -8.14. The van der Waals surface area contributed by atoms with E-state index in [4.69, 9.17) is 0 Å². The average molecular weight is 1080 g/mol. The number of anilines is 8. The first-order valence-electron chi connectivity index (χ1n) is 29.0. The maximum atomic E-state index is 14.5. The lowest BCUT2D eigenvalue weighted by Crippen LogP contribution is -2.30. The summed E-state index contributed by atoms with van der Waals surface area (Å²) in [5.41, 5.74) is 11.2. The lowest BCUT2D eigenvalue weighted by atomic mass is 9.75. The summed E-state index contributed by atoms with van der Waals surface area (Å²) < 4.78 is 0.